The summed E-state index contributed by atoms with van der Waals surface area (Å²) >= 11 is 0. The molecule has 9 nitrogen and oxygen atoms in total. The number of piperidine rings is 1. The van der Waals surface area contributed by atoms with Crippen molar-refractivity contribution in [1.29, 1.82) is 0 Å². The lowest BCUT2D eigenvalue weighted by molar-refractivity contribution is 0.183. The Kier molecular flexibility index (Phi) is 6.85. The van der Waals surface area contributed by atoms with Crippen LogP contribution in [0.3, 0.4) is 0 Å². The first-order valence-electron chi connectivity index (χ1n) is 12.3. The maximum Gasteiger partial charge on any atom is 0.229 e. The fraction of sp³-hybridized carbons (Fsp3) is 0.520. The summed E-state index contributed by atoms with van der Waals surface area (Å²) in [6.07, 6.45) is 6.28. The van der Waals surface area contributed by atoms with Crippen molar-refractivity contribution in [1.82, 2.24) is 24.8 Å². The number of fused-ring (bicyclic) bond motifs is 2. The molecule has 0 spiro atoms. The number of aromatic nitrogens is 4. The number of β-amino-alcohol motifs (C(OH)–C–C–N with tert-alkyl or cyclic N) is 1. The van der Waals surface area contributed by atoms with Crippen LogP contribution in [0.1, 0.15) is 43.1 Å². The van der Waals surface area contributed by atoms with E-state index in [0.717, 1.165) is 79.4 Å². The molecule has 0 saturated carbocycles. The predicted octanol–water partition coefficient (Wildman–Crippen LogP) is 2.43. The number of pyridine rings is 2. The van der Waals surface area contributed by atoms with Gasteiger partial charge in [-0.15, -0.1) is 0 Å². The predicted molar refractivity (Wildman–Crippen MR) is 132 cm³/mol. The van der Waals surface area contributed by atoms with Crippen LogP contribution in [0.2, 0.25) is 0 Å². The highest BCUT2D eigenvalue weighted by Gasteiger charge is 2.20. The van der Waals surface area contributed by atoms with Crippen molar-refractivity contribution >= 4 is 28.5 Å². The zero-order valence-electron chi connectivity index (χ0n) is 19.7. The summed E-state index contributed by atoms with van der Waals surface area (Å²) in [5.74, 6) is 2.11. The minimum Gasteiger partial charge on any atom is -0.395 e. The van der Waals surface area contributed by atoms with Gasteiger partial charge in [-0.05, 0) is 43.9 Å². The molecule has 9 heteroatoms. The molecule has 5 rings (SSSR count). The van der Waals surface area contributed by atoms with Crippen LogP contribution < -0.4 is 10.2 Å². The maximum atomic E-state index is 9.90. The van der Waals surface area contributed by atoms with Gasteiger partial charge in [0.2, 0.25) is 5.95 Å². The Hall–Kier alpha value is -2.88. The fourth-order valence-electron chi connectivity index (χ4n) is 4.86. The van der Waals surface area contributed by atoms with Crippen LogP contribution >= 0.6 is 0 Å². The van der Waals surface area contributed by atoms with E-state index in [9.17, 15) is 10.2 Å². The van der Waals surface area contributed by atoms with E-state index < -0.39 is 6.10 Å². The first kappa shape index (κ1) is 22.9. The number of rotatable bonds is 7. The molecule has 0 bridgehead atoms. The highest BCUT2D eigenvalue weighted by Crippen LogP contribution is 2.28. The fourth-order valence-corrected chi connectivity index (χ4v) is 4.86. The monoisotopic (exact) mass is 463 g/mol. The number of aliphatic hydroxyl groups is 2. The average molecular weight is 464 g/mol. The van der Waals surface area contributed by atoms with Crippen molar-refractivity contribution < 1.29 is 10.2 Å². The molecule has 0 aromatic carbocycles. The summed E-state index contributed by atoms with van der Waals surface area (Å²) in [5.41, 5.74) is 3.97. The SMILES string of the molecule is C[C@@H](O)Cc1cc2cnc(Nc3ccc4c(n3)CCN(CCO)C4)nc2c(N2CCCCC2)n1. The summed E-state index contributed by atoms with van der Waals surface area (Å²) in [6, 6.07) is 6.04. The zero-order valence-corrected chi connectivity index (χ0v) is 19.7. The molecule has 0 unspecified atom stereocenters. The minimum atomic E-state index is -0.452. The van der Waals surface area contributed by atoms with E-state index in [0.29, 0.717) is 18.9 Å². The molecule has 0 radical (unpaired) electrons. The lowest BCUT2D eigenvalue weighted by Gasteiger charge is -2.29. The van der Waals surface area contributed by atoms with Gasteiger partial charge < -0.3 is 20.4 Å². The second-order valence-electron chi connectivity index (χ2n) is 9.35. The van der Waals surface area contributed by atoms with Crippen molar-refractivity contribution in [3.05, 3.63) is 41.3 Å². The molecule has 34 heavy (non-hydrogen) atoms. The molecule has 3 aromatic heterocycles. The number of nitrogens with one attached hydrogen (secondary N) is 1. The molecule has 2 aliphatic heterocycles. The van der Waals surface area contributed by atoms with E-state index in [4.69, 9.17) is 15.0 Å². The first-order valence-corrected chi connectivity index (χ1v) is 12.3. The van der Waals surface area contributed by atoms with E-state index in [-0.39, 0.29) is 6.61 Å². The molecule has 1 saturated heterocycles. The third kappa shape index (κ3) is 5.11. The Morgan fingerprint density at radius 1 is 1.09 bits per heavy atom. The maximum absolute atomic E-state index is 9.90. The third-order valence-corrected chi connectivity index (χ3v) is 6.54. The van der Waals surface area contributed by atoms with Gasteiger partial charge in [0.1, 0.15) is 11.3 Å². The molecule has 0 aliphatic carbocycles. The molecule has 3 N–H and O–H groups in total. The molecule has 0 amide bonds. The topological polar surface area (TPSA) is 111 Å². The van der Waals surface area contributed by atoms with Gasteiger partial charge in [-0.2, -0.15) is 0 Å². The number of nitrogens with zero attached hydrogens (tertiary/aromatic N) is 6. The second kappa shape index (κ2) is 10.2. The summed E-state index contributed by atoms with van der Waals surface area (Å²) in [7, 11) is 0. The molecule has 1 fully saturated rings. The highest BCUT2D eigenvalue weighted by atomic mass is 16.3. The quantitative estimate of drug-likeness (QED) is 0.486. The molecular weight excluding hydrogens is 430 g/mol. The van der Waals surface area contributed by atoms with E-state index >= 15 is 0 Å². The number of hydrogen-bond donors (Lipinski definition) is 3. The van der Waals surface area contributed by atoms with Crippen LogP contribution in [0, 0.1) is 0 Å². The van der Waals surface area contributed by atoms with Crippen LogP contribution in [0.25, 0.3) is 10.9 Å². The Labute approximate surface area is 199 Å². The van der Waals surface area contributed by atoms with Gasteiger partial charge in [0.25, 0.3) is 0 Å². The lowest BCUT2D eigenvalue weighted by Crippen LogP contribution is -2.33. The number of anilines is 3. The Bertz CT molecular complexity index is 1150. The molecule has 2 aliphatic rings. The largest absolute Gasteiger partial charge is 0.395 e. The summed E-state index contributed by atoms with van der Waals surface area (Å²) in [6.45, 7) is 6.30. The first-order chi connectivity index (χ1) is 16.6. The van der Waals surface area contributed by atoms with Crippen molar-refractivity contribution in [3.63, 3.8) is 0 Å². The van der Waals surface area contributed by atoms with E-state index in [1.165, 1.54) is 12.0 Å². The third-order valence-electron chi connectivity index (χ3n) is 6.54. The Morgan fingerprint density at radius 3 is 2.74 bits per heavy atom. The van der Waals surface area contributed by atoms with Crippen molar-refractivity contribution in [2.24, 2.45) is 0 Å². The summed E-state index contributed by atoms with van der Waals surface area (Å²) < 4.78 is 0. The van der Waals surface area contributed by atoms with Crippen LogP contribution in [0.4, 0.5) is 17.6 Å². The average Bonchev–Trinajstić information content (AvgIpc) is 2.84. The van der Waals surface area contributed by atoms with Gasteiger partial charge in [0.15, 0.2) is 5.82 Å². The van der Waals surface area contributed by atoms with Gasteiger partial charge in [0, 0.05) is 68.5 Å². The van der Waals surface area contributed by atoms with Crippen molar-refractivity contribution in [3.8, 4) is 0 Å². The lowest BCUT2D eigenvalue weighted by atomic mass is 10.1. The smallest absolute Gasteiger partial charge is 0.229 e. The van der Waals surface area contributed by atoms with Gasteiger partial charge in [0.05, 0.1) is 12.7 Å². The Morgan fingerprint density at radius 2 is 1.94 bits per heavy atom. The Balaban J connectivity index is 1.43. The van der Waals surface area contributed by atoms with Gasteiger partial charge >= 0.3 is 0 Å². The van der Waals surface area contributed by atoms with Crippen LogP contribution in [-0.2, 0) is 19.4 Å². The van der Waals surface area contributed by atoms with Gasteiger partial charge in [-0.3, -0.25) is 4.90 Å². The highest BCUT2D eigenvalue weighted by molar-refractivity contribution is 5.89. The molecule has 180 valence electrons. The minimum absolute atomic E-state index is 0.177. The van der Waals surface area contributed by atoms with E-state index in [1.807, 2.05) is 18.3 Å². The number of aliphatic hydroxyl groups excluding tert-OH is 2. The number of hydrogen-bond acceptors (Lipinski definition) is 9. The molecule has 1 atom stereocenters. The van der Waals surface area contributed by atoms with Crippen LogP contribution in [0.5, 0.6) is 0 Å². The molecule has 5 heterocycles. The van der Waals surface area contributed by atoms with Crippen molar-refractivity contribution in [2.75, 3.05) is 43.0 Å². The van der Waals surface area contributed by atoms with Gasteiger partial charge in [-0.1, -0.05) is 6.07 Å². The van der Waals surface area contributed by atoms with Crippen molar-refractivity contribution in [2.45, 2.75) is 51.7 Å². The summed E-state index contributed by atoms with van der Waals surface area (Å²) in [4.78, 5) is 23.7. The van der Waals surface area contributed by atoms with E-state index in [1.54, 1.807) is 6.92 Å². The van der Waals surface area contributed by atoms with E-state index in [2.05, 4.69) is 26.2 Å². The second-order valence-corrected chi connectivity index (χ2v) is 9.35. The van der Waals surface area contributed by atoms with Crippen LogP contribution in [0.15, 0.2) is 24.4 Å². The molecule has 3 aromatic rings. The summed E-state index contributed by atoms with van der Waals surface area (Å²) in [5, 5.41) is 23.3. The van der Waals surface area contributed by atoms with Gasteiger partial charge in [-0.25, -0.2) is 19.9 Å². The van der Waals surface area contributed by atoms with Crippen LogP contribution in [-0.4, -0.2) is 73.9 Å². The normalized spacial score (nSPS) is 17.6. The standard InChI is InChI=1S/C25H33N7O2/c1-17(34)13-20-14-19-15-26-25(30-23(19)24(27-20)32-8-3-2-4-9-32)29-22-6-5-18-16-31(11-12-33)10-7-21(18)28-22/h5-6,14-15,17,33-34H,2-4,7-13,16H2,1H3,(H,26,28,29,30)/t17-/m1/s1. The molecular formula is C25H33N7O2. The zero-order chi connectivity index (χ0) is 23.5.